The van der Waals surface area contributed by atoms with Crippen LogP contribution < -0.4 is 0 Å². The van der Waals surface area contributed by atoms with Crippen LogP contribution in [-0.4, -0.2) is 12.4 Å². The minimum atomic E-state index is -3.63. The molecule has 3 aromatic rings. The quantitative estimate of drug-likeness (QED) is 0.706. The van der Waals surface area contributed by atoms with Gasteiger partial charge in [-0.25, -0.2) is 12.4 Å². The van der Waals surface area contributed by atoms with Crippen molar-refractivity contribution in [1.29, 1.82) is 0 Å². The average Bonchev–Trinajstić information content (AvgIpc) is 2.89. The highest BCUT2D eigenvalue weighted by molar-refractivity contribution is 7.90. The molecule has 0 atom stereocenters. The van der Waals surface area contributed by atoms with Gasteiger partial charge < -0.3 is 0 Å². The Bertz CT molecular complexity index is 914. The topological polar surface area (TPSA) is 39.1 Å². The minimum Gasteiger partial charge on any atom is -0.238 e. The van der Waals surface area contributed by atoms with Gasteiger partial charge in [0, 0.05) is 16.1 Å². The second-order valence-corrected chi connectivity index (χ2v) is 7.33. The van der Waals surface area contributed by atoms with E-state index in [4.69, 9.17) is 11.6 Å². The number of hydrogen-bond acceptors (Lipinski definition) is 2. The molecule has 22 heavy (non-hydrogen) atoms. The third kappa shape index (κ3) is 2.42. The molecule has 0 aliphatic heterocycles. The molecule has 0 fully saturated rings. The molecule has 0 saturated heterocycles. The molecule has 0 unspecified atom stereocenters. The number of aromatic nitrogens is 1. The molecule has 5 heteroatoms. The SMILES string of the molecule is CCCc1cc2c(Cl)cccc2n1S(=O)(=O)c1ccccc1. The van der Waals surface area contributed by atoms with Crippen molar-refractivity contribution in [2.24, 2.45) is 0 Å². The standard InChI is InChI=1S/C17H16ClNO2S/c1-2-7-13-12-15-16(18)10-6-11-17(15)19(13)22(20,21)14-8-4-3-5-9-14/h3-6,8-12H,2,7H2,1H3. The number of fused-ring (bicyclic) bond motifs is 1. The van der Waals surface area contributed by atoms with Crippen molar-refractivity contribution >= 4 is 32.5 Å². The Labute approximate surface area is 135 Å². The fourth-order valence-electron chi connectivity index (χ4n) is 2.64. The highest BCUT2D eigenvalue weighted by Crippen LogP contribution is 2.30. The second kappa shape index (κ2) is 5.78. The Morgan fingerprint density at radius 1 is 1.05 bits per heavy atom. The number of rotatable bonds is 4. The van der Waals surface area contributed by atoms with Gasteiger partial charge in [0.25, 0.3) is 10.0 Å². The average molecular weight is 334 g/mol. The predicted molar refractivity (Wildman–Crippen MR) is 90.0 cm³/mol. The molecule has 3 rings (SSSR count). The first-order valence-corrected chi connectivity index (χ1v) is 8.97. The lowest BCUT2D eigenvalue weighted by atomic mass is 10.2. The second-order valence-electron chi connectivity index (χ2n) is 5.14. The Hall–Kier alpha value is -1.78. The van der Waals surface area contributed by atoms with Crippen molar-refractivity contribution in [1.82, 2.24) is 3.97 Å². The van der Waals surface area contributed by atoms with Gasteiger partial charge in [0.2, 0.25) is 0 Å². The van der Waals surface area contributed by atoms with Gasteiger partial charge in [0.1, 0.15) is 0 Å². The van der Waals surface area contributed by atoms with Gasteiger partial charge in [-0.3, -0.25) is 0 Å². The van der Waals surface area contributed by atoms with Crippen molar-refractivity contribution in [3.05, 3.63) is 65.3 Å². The van der Waals surface area contributed by atoms with Crippen LogP contribution in [0.5, 0.6) is 0 Å². The summed E-state index contributed by atoms with van der Waals surface area (Å²) in [4.78, 5) is 0.282. The summed E-state index contributed by atoms with van der Waals surface area (Å²) in [6, 6.07) is 15.7. The molecule has 0 amide bonds. The molecule has 2 aromatic carbocycles. The van der Waals surface area contributed by atoms with E-state index in [0.717, 1.165) is 17.5 Å². The van der Waals surface area contributed by atoms with Crippen LogP contribution >= 0.6 is 11.6 Å². The van der Waals surface area contributed by atoms with Crippen molar-refractivity contribution < 1.29 is 8.42 Å². The van der Waals surface area contributed by atoms with Gasteiger partial charge in [-0.2, -0.15) is 0 Å². The third-order valence-corrected chi connectivity index (χ3v) is 5.72. The maximum Gasteiger partial charge on any atom is 0.268 e. The third-order valence-electron chi connectivity index (χ3n) is 3.61. The monoisotopic (exact) mass is 333 g/mol. The fraction of sp³-hybridized carbons (Fsp3) is 0.176. The smallest absolute Gasteiger partial charge is 0.238 e. The molecular weight excluding hydrogens is 318 g/mol. The molecule has 1 aromatic heterocycles. The van der Waals surface area contributed by atoms with E-state index < -0.39 is 10.0 Å². The van der Waals surface area contributed by atoms with Crippen molar-refractivity contribution in [3.8, 4) is 0 Å². The van der Waals surface area contributed by atoms with E-state index in [9.17, 15) is 8.42 Å². The Morgan fingerprint density at radius 3 is 2.45 bits per heavy atom. The Kier molecular flexibility index (Phi) is 3.98. The summed E-state index contributed by atoms with van der Waals surface area (Å²) in [6.45, 7) is 2.03. The molecule has 1 heterocycles. The number of nitrogens with zero attached hydrogens (tertiary/aromatic N) is 1. The number of hydrogen-bond donors (Lipinski definition) is 0. The van der Waals surface area contributed by atoms with Crippen molar-refractivity contribution in [2.45, 2.75) is 24.7 Å². The van der Waals surface area contributed by atoms with Crippen molar-refractivity contribution in [3.63, 3.8) is 0 Å². The van der Waals surface area contributed by atoms with Crippen LogP contribution in [0.1, 0.15) is 19.0 Å². The van der Waals surface area contributed by atoms with Crippen LogP contribution in [-0.2, 0) is 16.4 Å². The normalized spacial score (nSPS) is 11.9. The highest BCUT2D eigenvalue weighted by Gasteiger charge is 2.23. The lowest BCUT2D eigenvalue weighted by Gasteiger charge is -2.11. The largest absolute Gasteiger partial charge is 0.268 e. The first-order chi connectivity index (χ1) is 10.6. The number of aryl methyl sites for hydroxylation is 1. The fourth-order valence-corrected chi connectivity index (χ4v) is 4.44. The first-order valence-electron chi connectivity index (χ1n) is 7.15. The lowest BCUT2D eigenvalue weighted by Crippen LogP contribution is -2.15. The van der Waals surface area contributed by atoms with Gasteiger partial charge in [0.15, 0.2) is 0 Å². The van der Waals surface area contributed by atoms with E-state index in [1.807, 2.05) is 13.0 Å². The van der Waals surface area contributed by atoms with Gasteiger partial charge in [-0.1, -0.05) is 49.2 Å². The summed E-state index contributed by atoms with van der Waals surface area (Å²) < 4.78 is 27.5. The van der Waals surface area contributed by atoms with E-state index in [2.05, 4.69) is 0 Å². The van der Waals surface area contributed by atoms with Crippen LogP contribution in [0.15, 0.2) is 59.5 Å². The first kappa shape index (κ1) is 15.1. The molecule has 0 saturated carbocycles. The predicted octanol–water partition coefficient (Wildman–Crippen LogP) is 4.48. The number of halogens is 1. The lowest BCUT2D eigenvalue weighted by molar-refractivity contribution is 0.586. The van der Waals surface area contributed by atoms with Gasteiger partial charge in [-0.15, -0.1) is 0 Å². The summed E-state index contributed by atoms with van der Waals surface area (Å²) in [5, 5.41) is 1.34. The zero-order valence-electron chi connectivity index (χ0n) is 12.2. The molecule has 0 bridgehead atoms. The molecule has 0 radical (unpaired) electrons. The Balaban J connectivity index is 2.34. The zero-order valence-corrected chi connectivity index (χ0v) is 13.7. The highest BCUT2D eigenvalue weighted by atomic mass is 35.5. The maximum absolute atomic E-state index is 13.0. The van der Waals surface area contributed by atoms with Crippen LogP contribution in [0.2, 0.25) is 5.02 Å². The van der Waals surface area contributed by atoms with E-state index in [-0.39, 0.29) is 4.90 Å². The Morgan fingerprint density at radius 2 is 1.77 bits per heavy atom. The van der Waals surface area contributed by atoms with E-state index in [1.54, 1.807) is 48.5 Å². The molecular formula is C17H16ClNO2S. The van der Waals surface area contributed by atoms with Crippen molar-refractivity contribution in [2.75, 3.05) is 0 Å². The van der Waals surface area contributed by atoms with Gasteiger partial charge in [0.05, 0.1) is 10.4 Å². The summed E-state index contributed by atoms with van der Waals surface area (Å²) in [5.74, 6) is 0. The molecule has 114 valence electrons. The maximum atomic E-state index is 13.0. The molecule has 0 N–H and O–H groups in total. The number of benzene rings is 2. The summed E-state index contributed by atoms with van der Waals surface area (Å²) in [6.07, 6.45) is 1.54. The van der Waals surface area contributed by atoms with Gasteiger partial charge >= 0.3 is 0 Å². The molecule has 3 nitrogen and oxygen atoms in total. The summed E-state index contributed by atoms with van der Waals surface area (Å²) in [7, 11) is -3.63. The van der Waals surface area contributed by atoms with E-state index in [0.29, 0.717) is 17.0 Å². The van der Waals surface area contributed by atoms with E-state index >= 15 is 0 Å². The molecule has 0 aliphatic rings. The summed E-state index contributed by atoms with van der Waals surface area (Å²) >= 11 is 6.23. The van der Waals surface area contributed by atoms with Crippen LogP contribution in [0, 0.1) is 0 Å². The minimum absolute atomic E-state index is 0.282. The van der Waals surface area contributed by atoms with Crippen LogP contribution in [0.25, 0.3) is 10.9 Å². The molecule has 0 spiro atoms. The zero-order chi connectivity index (χ0) is 15.7. The molecule has 0 aliphatic carbocycles. The van der Waals surface area contributed by atoms with Crippen LogP contribution in [0.4, 0.5) is 0 Å². The summed E-state index contributed by atoms with van der Waals surface area (Å²) in [5.41, 5.74) is 1.38. The van der Waals surface area contributed by atoms with E-state index in [1.165, 1.54) is 3.97 Å². The van der Waals surface area contributed by atoms with Gasteiger partial charge in [-0.05, 0) is 36.8 Å². The van der Waals surface area contributed by atoms with Crippen LogP contribution in [0.3, 0.4) is 0 Å².